The molecule has 1 aliphatic heterocycles. The molecule has 0 spiro atoms. The lowest BCUT2D eigenvalue weighted by Crippen LogP contribution is -2.05. The highest BCUT2D eigenvalue weighted by Gasteiger charge is 2.24. The molecule has 0 radical (unpaired) electrons. The molecule has 1 heterocycles. The monoisotopic (exact) mass is 305 g/mol. The van der Waals surface area contributed by atoms with Crippen molar-refractivity contribution < 1.29 is 14.3 Å². The van der Waals surface area contributed by atoms with Crippen molar-refractivity contribution in [3.05, 3.63) is 84.1 Å². The minimum absolute atomic E-state index is 0.249. The summed E-state index contributed by atoms with van der Waals surface area (Å²) in [6.45, 7) is 4.02. The Morgan fingerprint density at radius 2 is 1.83 bits per heavy atom. The number of hydrogen-bond acceptors (Lipinski definition) is 4. The molecule has 0 N–H and O–H groups in total. The van der Waals surface area contributed by atoms with Crippen molar-refractivity contribution in [1.82, 2.24) is 0 Å². The van der Waals surface area contributed by atoms with E-state index in [1.54, 1.807) is 12.2 Å². The number of para-hydroxylation sites is 1. The summed E-state index contributed by atoms with van der Waals surface area (Å²) in [7, 11) is 0. The van der Waals surface area contributed by atoms with E-state index in [4.69, 9.17) is 9.47 Å². The highest BCUT2D eigenvalue weighted by atomic mass is 16.6. The van der Waals surface area contributed by atoms with E-state index < -0.39 is 5.97 Å². The largest absolute Gasteiger partial charge is 0.489 e. The summed E-state index contributed by atoms with van der Waals surface area (Å²) in [5.41, 5.74) is 1.78. The molecule has 0 aromatic heterocycles. The number of benzene rings is 2. The van der Waals surface area contributed by atoms with Crippen LogP contribution >= 0.6 is 0 Å². The SMILES string of the molecule is C=CCOc1ccccc1/C=C1/N=C(c2ccccc2)OC1=O. The molecule has 23 heavy (non-hydrogen) atoms. The number of aliphatic imine (C=N–C) groups is 1. The fourth-order valence-electron chi connectivity index (χ4n) is 2.14. The quantitative estimate of drug-likeness (QED) is 0.482. The molecule has 1 aliphatic rings. The summed E-state index contributed by atoms with van der Waals surface area (Å²) in [6.07, 6.45) is 3.33. The van der Waals surface area contributed by atoms with E-state index in [1.807, 2.05) is 54.6 Å². The zero-order valence-corrected chi connectivity index (χ0v) is 12.4. The number of cyclic esters (lactones) is 1. The molecule has 4 nitrogen and oxygen atoms in total. The molecule has 0 saturated carbocycles. The molecule has 4 heteroatoms. The van der Waals surface area contributed by atoms with Gasteiger partial charge in [-0.25, -0.2) is 9.79 Å². The van der Waals surface area contributed by atoms with Gasteiger partial charge in [0, 0.05) is 11.1 Å². The number of carbonyl (C=O) groups is 1. The van der Waals surface area contributed by atoms with Gasteiger partial charge in [-0.1, -0.05) is 49.1 Å². The Balaban J connectivity index is 1.92. The Bertz CT molecular complexity index is 791. The third-order valence-corrected chi connectivity index (χ3v) is 3.21. The van der Waals surface area contributed by atoms with Gasteiger partial charge < -0.3 is 9.47 Å². The summed E-state index contributed by atoms with van der Waals surface area (Å²) >= 11 is 0. The molecule has 3 rings (SSSR count). The van der Waals surface area contributed by atoms with Gasteiger partial charge in [-0.2, -0.15) is 0 Å². The summed E-state index contributed by atoms with van der Waals surface area (Å²) in [5, 5.41) is 0. The predicted octanol–water partition coefficient (Wildman–Crippen LogP) is 3.60. The molecule has 0 aliphatic carbocycles. The molecule has 0 unspecified atom stereocenters. The van der Waals surface area contributed by atoms with Gasteiger partial charge >= 0.3 is 5.97 Å². The smallest absolute Gasteiger partial charge is 0.363 e. The maximum Gasteiger partial charge on any atom is 0.363 e. The highest BCUT2D eigenvalue weighted by Crippen LogP contribution is 2.24. The van der Waals surface area contributed by atoms with Crippen molar-refractivity contribution in [3.8, 4) is 5.75 Å². The van der Waals surface area contributed by atoms with Crippen LogP contribution in [0.1, 0.15) is 11.1 Å². The van der Waals surface area contributed by atoms with E-state index in [9.17, 15) is 4.79 Å². The van der Waals surface area contributed by atoms with E-state index in [0.717, 1.165) is 11.1 Å². The lowest BCUT2D eigenvalue weighted by Gasteiger charge is -2.06. The van der Waals surface area contributed by atoms with Crippen LogP contribution in [0.2, 0.25) is 0 Å². The number of rotatable bonds is 5. The number of nitrogens with zero attached hydrogens (tertiary/aromatic N) is 1. The van der Waals surface area contributed by atoms with Crippen LogP contribution in [0.4, 0.5) is 0 Å². The summed E-state index contributed by atoms with van der Waals surface area (Å²) in [5.74, 6) is 0.504. The number of carbonyl (C=O) groups excluding carboxylic acids is 1. The van der Waals surface area contributed by atoms with Crippen LogP contribution in [0.5, 0.6) is 5.75 Å². The van der Waals surface area contributed by atoms with Gasteiger partial charge in [0.2, 0.25) is 5.90 Å². The van der Waals surface area contributed by atoms with E-state index in [0.29, 0.717) is 18.3 Å². The van der Waals surface area contributed by atoms with Gasteiger partial charge in [-0.3, -0.25) is 0 Å². The average molecular weight is 305 g/mol. The first kappa shape index (κ1) is 14.8. The summed E-state index contributed by atoms with van der Waals surface area (Å²) in [6, 6.07) is 16.7. The molecule has 2 aromatic rings. The molecule has 114 valence electrons. The first-order chi connectivity index (χ1) is 11.3. The zero-order valence-electron chi connectivity index (χ0n) is 12.4. The van der Waals surface area contributed by atoms with Crippen molar-refractivity contribution in [2.75, 3.05) is 6.61 Å². The molecule has 2 aromatic carbocycles. The first-order valence-corrected chi connectivity index (χ1v) is 7.18. The normalized spacial score (nSPS) is 15.2. The van der Waals surface area contributed by atoms with Crippen molar-refractivity contribution in [2.24, 2.45) is 4.99 Å². The van der Waals surface area contributed by atoms with Gasteiger partial charge in [0.1, 0.15) is 12.4 Å². The average Bonchev–Trinajstić information content (AvgIpc) is 2.96. The minimum Gasteiger partial charge on any atom is -0.489 e. The van der Waals surface area contributed by atoms with E-state index in [2.05, 4.69) is 11.6 Å². The maximum atomic E-state index is 12.0. The van der Waals surface area contributed by atoms with E-state index >= 15 is 0 Å². The number of hydrogen-bond donors (Lipinski definition) is 0. The van der Waals surface area contributed by atoms with Crippen LogP contribution in [0.3, 0.4) is 0 Å². The maximum absolute atomic E-state index is 12.0. The number of ether oxygens (including phenoxy) is 2. The summed E-state index contributed by atoms with van der Waals surface area (Å²) in [4.78, 5) is 16.3. The van der Waals surface area contributed by atoms with Gasteiger partial charge in [0.25, 0.3) is 0 Å². The van der Waals surface area contributed by atoms with Crippen LogP contribution in [0.15, 0.2) is 77.9 Å². The van der Waals surface area contributed by atoms with Crippen LogP contribution in [0.25, 0.3) is 6.08 Å². The van der Waals surface area contributed by atoms with Gasteiger partial charge in [0.15, 0.2) is 5.70 Å². The van der Waals surface area contributed by atoms with E-state index in [1.165, 1.54) is 0 Å². The van der Waals surface area contributed by atoms with Crippen LogP contribution < -0.4 is 4.74 Å². The molecule has 0 amide bonds. The fourth-order valence-corrected chi connectivity index (χ4v) is 2.14. The van der Waals surface area contributed by atoms with Crippen molar-refractivity contribution in [1.29, 1.82) is 0 Å². The third-order valence-electron chi connectivity index (χ3n) is 3.21. The second kappa shape index (κ2) is 6.75. The predicted molar refractivity (Wildman–Crippen MR) is 89.2 cm³/mol. The molecule has 0 saturated heterocycles. The topological polar surface area (TPSA) is 47.9 Å². The molecule has 0 atom stereocenters. The van der Waals surface area contributed by atoms with Crippen molar-refractivity contribution >= 4 is 17.9 Å². The van der Waals surface area contributed by atoms with Crippen LogP contribution in [0, 0.1) is 0 Å². The lowest BCUT2D eigenvalue weighted by atomic mass is 10.1. The Morgan fingerprint density at radius 3 is 2.61 bits per heavy atom. The minimum atomic E-state index is -0.470. The van der Waals surface area contributed by atoms with Gasteiger partial charge in [-0.05, 0) is 24.3 Å². The fraction of sp³-hybridized carbons (Fsp3) is 0.0526. The zero-order chi connectivity index (χ0) is 16.1. The van der Waals surface area contributed by atoms with E-state index in [-0.39, 0.29) is 5.70 Å². The Labute approximate surface area is 134 Å². The lowest BCUT2D eigenvalue weighted by molar-refractivity contribution is -0.129. The standard InChI is InChI=1S/C19H15NO3/c1-2-12-22-17-11-7-6-10-15(17)13-16-19(21)23-18(20-16)14-8-4-3-5-9-14/h2-11,13H,1,12H2/b16-13+. The highest BCUT2D eigenvalue weighted by molar-refractivity contribution is 6.12. The number of esters is 1. The van der Waals surface area contributed by atoms with Gasteiger partial charge in [0.05, 0.1) is 0 Å². The Kier molecular flexibility index (Phi) is 4.34. The summed E-state index contributed by atoms with van der Waals surface area (Å²) < 4.78 is 10.8. The molecule has 0 bridgehead atoms. The Hall–Kier alpha value is -3.14. The first-order valence-electron chi connectivity index (χ1n) is 7.18. The van der Waals surface area contributed by atoms with Gasteiger partial charge in [-0.15, -0.1) is 0 Å². The second-order valence-corrected chi connectivity index (χ2v) is 4.84. The third kappa shape index (κ3) is 3.37. The van der Waals surface area contributed by atoms with Crippen LogP contribution in [-0.2, 0) is 9.53 Å². The second-order valence-electron chi connectivity index (χ2n) is 4.84. The molecular weight excluding hydrogens is 290 g/mol. The van der Waals surface area contributed by atoms with Crippen molar-refractivity contribution in [3.63, 3.8) is 0 Å². The van der Waals surface area contributed by atoms with Crippen molar-refractivity contribution in [2.45, 2.75) is 0 Å². The molecule has 0 fully saturated rings. The molecular formula is C19H15NO3. The Morgan fingerprint density at radius 1 is 1.09 bits per heavy atom. The van der Waals surface area contributed by atoms with Crippen LogP contribution in [-0.4, -0.2) is 18.5 Å².